The third kappa shape index (κ3) is 5.76. The van der Waals surface area contributed by atoms with Gasteiger partial charge in [0.1, 0.15) is 11.5 Å². The van der Waals surface area contributed by atoms with Crippen LogP contribution in [0.2, 0.25) is 0 Å². The van der Waals surface area contributed by atoms with Crippen molar-refractivity contribution in [3.05, 3.63) is 46.8 Å². The maximum absolute atomic E-state index is 12.1. The molecule has 0 radical (unpaired) electrons. The Hall–Kier alpha value is -2.55. The SMILES string of the molecule is Cc1noc(C)c1CCC(=O)NCC(O)c1ccc(OC(F)(F)F)cc1. The average molecular weight is 372 g/mol. The van der Waals surface area contributed by atoms with Crippen LogP contribution in [0.25, 0.3) is 0 Å². The van der Waals surface area contributed by atoms with E-state index in [4.69, 9.17) is 4.52 Å². The minimum absolute atomic E-state index is 0.0556. The van der Waals surface area contributed by atoms with Gasteiger partial charge in [-0.15, -0.1) is 13.2 Å². The van der Waals surface area contributed by atoms with Crippen molar-refractivity contribution in [3.63, 3.8) is 0 Å². The van der Waals surface area contributed by atoms with Crippen LogP contribution in [0.5, 0.6) is 5.75 Å². The van der Waals surface area contributed by atoms with Crippen molar-refractivity contribution >= 4 is 5.91 Å². The van der Waals surface area contributed by atoms with Gasteiger partial charge in [-0.3, -0.25) is 4.79 Å². The molecule has 0 fully saturated rings. The topological polar surface area (TPSA) is 84.6 Å². The summed E-state index contributed by atoms with van der Waals surface area (Å²) in [5.41, 5.74) is 1.98. The number of aliphatic hydroxyl groups is 1. The maximum Gasteiger partial charge on any atom is 0.573 e. The summed E-state index contributed by atoms with van der Waals surface area (Å²) in [6, 6.07) is 4.82. The average Bonchev–Trinajstić information content (AvgIpc) is 2.88. The predicted octanol–water partition coefficient (Wildman–Crippen LogP) is 2.97. The third-order valence-corrected chi connectivity index (χ3v) is 3.77. The van der Waals surface area contributed by atoms with Crippen LogP contribution in [-0.2, 0) is 11.2 Å². The Labute approximate surface area is 147 Å². The fraction of sp³-hybridized carbons (Fsp3) is 0.412. The molecule has 1 amide bonds. The molecule has 0 aliphatic heterocycles. The number of hydrogen-bond acceptors (Lipinski definition) is 5. The van der Waals surface area contributed by atoms with Gasteiger partial charge in [0, 0.05) is 18.5 Å². The van der Waals surface area contributed by atoms with Gasteiger partial charge in [-0.05, 0) is 38.0 Å². The lowest BCUT2D eigenvalue weighted by molar-refractivity contribution is -0.274. The molecule has 1 atom stereocenters. The van der Waals surface area contributed by atoms with Crippen molar-refractivity contribution < 1.29 is 32.3 Å². The van der Waals surface area contributed by atoms with Crippen molar-refractivity contribution in [2.24, 2.45) is 0 Å². The van der Waals surface area contributed by atoms with E-state index in [1.165, 1.54) is 12.1 Å². The number of benzene rings is 1. The minimum atomic E-state index is -4.77. The van der Waals surface area contributed by atoms with E-state index in [1.807, 2.05) is 0 Å². The van der Waals surface area contributed by atoms with Crippen LogP contribution in [0.15, 0.2) is 28.8 Å². The second-order valence-electron chi connectivity index (χ2n) is 5.74. The highest BCUT2D eigenvalue weighted by atomic mass is 19.4. The number of aryl methyl sites for hydroxylation is 2. The number of ether oxygens (including phenoxy) is 1. The smallest absolute Gasteiger partial charge is 0.406 e. The molecule has 2 N–H and O–H groups in total. The van der Waals surface area contributed by atoms with Gasteiger partial charge >= 0.3 is 6.36 Å². The van der Waals surface area contributed by atoms with E-state index in [1.54, 1.807) is 13.8 Å². The Bertz CT molecular complexity index is 722. The van der Waals surface area contributed by atoms with Crippen LogP contribution in [0.3, 0.4) is 0 Å². The highest BCUT2D eigenvalue weighted by Crippen LogP contribution is 2.24. The van der Waals surface area contributed by atoms with E-state index in [0.717, 1.165) is 23.4 Å². The zero-order valence-electron chi connectivity index (χ0n) is 14.3. The molecule has 142 valence electrons. The van der Waals surface area contributed by atoms with Crippen LogP contribution in [0.1, 0.15) is 35.1 Å². The van der Waals surface area contributed by atoms with Gasteiger partial charge in [0.05, 0.1) is 11.8 Å². The van der Waals surface area contributed by atoms with Crippen LogP contribution in [-0.4, -0.2) is 29.1 Å². The fourth-order valence-corrected chi connectivity index (χ4v) is 2.41. The summed E-state index contributed by atoms with van der Waals surface area (Å²) in [6.07, 6.45) is -5.14. The number of alkyl halides is 3. The largest absolute Gasteiger partial charge is 0.573 e. The van der Waals surface area contributed by atoms with Crippen molar-refractivity contribution in [2.45, 2.75) is 39.2 Å². The predicted molar refractivity (Wildman–Crippen MR) is 85.4 cm³/mol. The van der Waals surface area contributed by atoms with Crippen LogP contribution in [0, 0.1) is 13.8 Å². The van der Waals surface area contributed by atoms with Crippen molar-refractivity contribution in [2.75, 3.05) is 6.54 Å². The molecule has 0 saturated carbocycles. The second kappa shape index (κ2) is 8.22. The number of nitrogens with zero attached hydrogens (tertiary/aromatic N) is 1. The maximum atomic E-state index is 12.1. The second-order valence-corrected chi connectivity index (χ2v) is 5.74. The van der Waals surface area contributed by atoms with E-state index in [-0.39, 0.29) is 24.6 Å². The monoisotopic (exact) mass is 372 g/mol. The van der Waals surface area contributed by atoms with Crippen LogP contribution in [0.4, 0.5) is 13.2 Å². The van der Waals surface area contributed by atoms with Crippen molar-refractivity contribution in [1.82, 2.24) is 10.5 Å². The van der Waals surface area contributed by atoms with Gasteiger partial charge in [-0.2, -0.15) is 0 Å². The summed E-state index contributed by atoms with van der Waals surface area (Å²) in [4.78, 5) is 11.9. The molecule has 6 nitrogen and oxygen atoms in total. The summed E-state index contributed by atoms with van der Waals surface area (Å²) in [5.74, 6) is 0.0227. The summed E-state index contributed by atoms with van der Waals surface area (Å²) in [7, 11) is 0. The van der Waals surface area contributed by atoms with Crippen LogP contribution < -0.4 is 10.1 Å². The number of nitrogens with one attached hydrogen (secondary N) is 1. The van der Waals surface area contributed by atoms with Gasteiger partial charge in [-0.25, -0.2) is 0 Å². The molecule has 0 aliphatic carbocycles. The Kier molecular flexibility index (Phi) is 6.25. The highest BCUT2D eigenvalue weighted by molar-refractivity contribution is 5.76. The van der Waals surface area contributed by atoms with E-state index in [2.05, 4.69) is 15.2 Å². The van der Waals surface area contributed by atoms with Gasteiger partial charge < -0.3 is 19.7 Å². The molecular weight excluding hydrogens is 353 g/mol. The molecule has 9 heteroatoms. The van der Waals surface area contributed by atoms with E-state index in [0.29, 0.717) is 17.7 Å². The number of halogens is 3. The number of aliphatic hydroxyl groups excluding tert-OH is 1. The van der Waals surface area contributed by atoms with Gasteiger partial charge in [0.25, 0.3) is 0 Å². The summed E-state index contributed by atoms with van der Waals surface area (Å²) in [6.45, 7) is 3.50. The normalized spacial score (nSPS) is 12.7. The number of carbonyl (C=O) groups is 1. The first-order chi connectivity index (χ1) is 12.2. The van der Waals surface area contributed by atoms with Crippen LogP contribution >= 0.6 is 0 Å². The number of hydrogen-bond donors (Lipinski definition) is 2. The lowest BCUT2D eigenvalue weighted by atomic mass is 10.1. The standard InChI is InChI=1S/C17H19F3N2O4/c1-10-14(11(2)26-22-10)7-8-16(24)21-9-15(23)12-3-5-13(6-4-12)25-17(18,19)20/h3-6,15,23H,7-9H2,1-2H3,(H,21,24). The first-order valence-electron chi connectivity index (χ1n) is 7.88. The Morgan fingerprint density at radius 1 is 1.31 bits per heavy atom. The highest BCUT2D eigenvalue weighted by Gasteiger charge is 2.31. The summed E-state index contributed by atoms with van der Waals surface area (Å²) in [5, 5.41) is 16.4. The number of aromatic nitrogens is 1. The quantitative estimate of drug-likeness (QED) is 0.781. The molecular formula is C17H19F3N2O4. The lowest BCUT2D eigenvalue weighted by Gasteiger charge is -2.14. The lowest BCUT2D eigenvalue weighted by Crippen LogP contribution is -2.28. The number of rotatable bonds is 7. The minimum Gasteiger partial charge on any atom is -0.406 e. The van der Waals surface area contributed by atoms with E-state index < -0.39 is 12.5 Å². The fourth-order valence-electron chi connectivity index (χ4n) is 2.41. The first kappa shape index (κ1) is 19.8. The van der Waals surface area contributed by atoms with Gasteiger partial charge in [-0.1, -0.05) is 17.3 Å². The summed E-state index contributed by atoms with van der Waals surface area (Å²) < 4.78 is 45.1. The molecule has 0 bridgehead atoms. The first-order valence-corrected chi connectivity index (χ1v) is 7.88. The summed E-state index contributed by atoms with van der Waals surface area (Å²) >= 11 is 0. The number of amides is 1. The molecule has 1 unspecified atom stereocenters. The van der Waals surface area contributed by atoms with E-state index >= 15 is 0 Å². The Morgan fingerprint density at radius 2 is 1.96 bits per heavy atom. The molecule has 0 saturated heterocycles. The molecule has 2 aromatic rings. The van der Waals surface area contributed by atoms with E-state index in [9.17, 15) is 23.1 Å². The molecule has 2 rings (SSSR count). The molecule has 0 spiro atoms. The number of carbonyl (C=O) groups excluding carboxylic acids is 1. The van der Waals surface area contributed by atoms with Crippen molar-refractivity contribution in [3.8, 4) is 5.75 Å². The zero-order chi connectivity index (χ0) is 19.3. The molecule has 26 heavy (non-hydrogen) atoms. The zero-order valence-corrected chi connectivity index (χ0v) is 14.3. The molecule has 0 aliphatic rings. The molecule has 1 heterocycles. The Morgan fingerprint density at radius 3 is 2.50 bits per heavy atom. The molecule has 1 aromatic heterocycles. The third-order valence-electron chi connectivity index (χ3n) is 3.77. The Balaban J connectivity index is 1.80. The van der Waals surface area contributed by atoms with Gasteiger partial charge in [0.15, 0.2) is 0 Å². The van der Waals surface area contributed by atoms with Crippen molar-refractivity contribution in [1.29, 1.82) is 0 Å². The molecule has 1 aromatic carbocycles. The van der Waals surface area contributed by atoms with Gasteiger partial charge in [0.2, 0.25) is 5.91 Å².